The molecule has 0 bridgehead atoms. The van der Waals surface area contributed by atoms with Gasteiger partial charge in [0.05, 0.1) is 19.1 Å². The minimum Gasteiger partial charge on any atom is -0.314 e. The van der Waals surface area contributed by atoms with Crippen LogP contribution in [0.1, 0.15) is 24.0 Å². The maximum atomic E-state index is 12.1. The van der Waals surface area contributed by atoms with Crippen molar-refractivity contribution in [2.75, 3.05) is 0 Å². The molecule has 1 aliphatic rings. The van der Waals surface area contributed by atoms with Crippen LogP contribution in [0.3, 0.4) is 0 Å². The zero-order chi connectivity index (χ0) is 14.7. The van der Waals surface area contributed by atoms with Gasteiger partial charge in [-0.05, 0) is 39.6 Å². The highest BCUT2D eigenvalue weighted by atomic mass is 127. The van der Waals surface area contributed by atoms with Gasteiger partial charge in [-0.15, -0.1) is 0 Å². The van der Waals surface area contributed by atoms with Crippen LogP contribution >= 0.6 is 28.4 Å². The Hall–Kier alpha value is -1.20. The molecule has 21 heavy (non-hydrogen) atoms. The Morgan fingerprint density at radius 3 is 2.76 bits per heavy atom. The molecule has 0 N–H and O–H groups in total. The quantitative estimate of drug-likeness (QED) is 0.567. The van der Waals surface area contributed by atoms with Crippen LogP contribution in [0.2, 0.25) is 0 Å². The predicted molar refractivity (Wildman–Crippen MR) is 94.2 cm³/mol. The number of aromatic nitrogens is 2. The van der Waals surface area contributed by atoms with E-state index in [2.05, 4.69) is 27.1 Å². The van der Waals surface area contributed by atoms with Gasteiger partial charge in [0.15, 0.2) is 0 Å². The van der Waals surface area contributed by atoms with Crippen LogP contribution < -0.4 is 0 Å². The molecule has 2 aromatic rings. The van der Waals surface area contributed by atoms with Crippen molar-refractivity contribution in [2.45, 2.75) is 19.4 Å². The molecule has 1 amide bonds. The number of carbonyl (C=O) groups is 1. The van der Waals surface area contributed by atoms with E-state index in [0.717, 1.165) is 17.5 Å². The first kappa shape index (κ1) is 14.7. The van der Waals surface area contributed by atoms with Crippen LogP contribution in [0.5, 0.6) is 0 Å². The van der Waals surface area contributed by atoms with Crippen molar-refractivity contribution in [3.8, 4) is 0 Å². The van der Waals surface area contributed by atoms with Crippen molar-refractivity contribution in [3.05, 3.63) is 60.1 Å². The smallest absolute Gasteiger partial charge is 0.227 e. The Morgan fingerprint density at radius 1 is 1.24 bits per heavy atom. The van der Waals surface area contributed by atoms with Crippen molar-refractivity contribution in [1.29, 1.82) is 0 Å². The molecule has 1 unspecified atom stereocenters. The number of amides is 1. The summed E-state index contributed by atoms with van der Waals surface area (Å²) in [6.45, 7) is 0.630. The fraction of sp³-hybridized carbons (Fsp3) is 0.200. The standard InChI is InChI=1S/C15H15IN3OP/c16-21-19-11-14(8-17-19)13-6-7-15(20)18(10-13)9-12-4-2-1-3-5-12/h1-5,8,10-11,21H,6-7,9H2. The lowest BCUT2D eigenvalue weighted by atomic mass is 10.0. The SMILES string of the molecule is O=C1CCC(c2cnn(PI)c2)=CN1Cc1ccccc1. The average molecular weight is 411 g/mol. The lowest BCUT2D eigenvalue weighted by Crippen LogP contribution is -2.28. The van der Waals surface area contributed by atoms with Gasteiger partial charge in [-0.3, -0.25) is 4.79 Å². The summed E-state index contributed by atoms with van der Waals surface area (Å²) >= 11 is 2.30. The Bertz CT molecular complexity index is 669. The van der Waals surface area contributed by atoms with Crippen LogP contribution in [-0.4, -0.2) is 20.4 Å². The van der Waals surface area contributed by atoms with Crippen LogP contribution in [0.15, 0.2) is 48.9 Å². The summed E-state index contributed by atoms with van der Waals surface area (Å²) in [6, 6.07) is 10.1. The lowest BCUT2D eigenvalue weighted by molar-refractivity contribution is -0.129. The molecular formula is C15H15IN3OP. The second kappa shape index (κ2) is 6.71. The van der Waals surface area contributed by atoms with Gasteiger partial charge < -0.3 is 4.90 Å². The number of rotatable bonds is 4. The fourth-order valence-electron chi connectivity index (χ4n) is 2.38. The predicted octanol–water partition coefficient (Wildman–Crippen LogP) is 3.84. The van der Waals surface area contributed by atoms with E-state index in [1.54, 1.807) is 0 Å². The molecule has 0 saturated carbocycles. The van der Waals surface area contributed by atoms with Gasteiger partial charge in [-0.25, -0.2) is 4.45 Å². The molecule has 3 rings (SSSR count). The monoisotopic (exact) mass is 411 g/mol. The number of hydrogen-bond donors (Lipinski definition) is 0. The summed E-state index contributed by atoms with van der Waals surface area (Å²) in [4.78, 5) is 13.9. The third-order valence-electron chi connectivity index (χ3n) is 3.48. The van der Waals surface area contributed by atoms with Gasteiger partial charge in [0.25, 0.3) is 0 Å². The molecule has 0 saturated heterocycles. The molecule has 1 aromatic heterocycles. The highest BCUT2D eigenvalue weighted by molar-refractivity contribution is 14.2. The van der Waals surface area contributed by atoms with Crippen molar-refractivity contribution in [3.63, 3.8) is 0 Å². The molecule has 2 heterocycles. The summed E-state index contributed by atoms with van der Waals surface area (Å²) in [5.41, 5.74) is 3.45. The van der Waals surface area contributed by atoms with Crippen LogP contribution in [0.4, 0.5) is 0 Å². The summed E-state index contributed by atoms with van der Waals surface area (Å²) in [5.74, 6) is 0.186. The van der Waals surface area contributed by atoms with E-state index in [9.17, 15) is 4.79 Å². The van der Waals surface area contributed by atoms with E-state index in [1.165, 1.54) is 5.57 Å². The molecule has 0 radical (unpaired) electrons. The highest BCUT2D eigenvalue weighted by Crippen LogP contribution is 2.29. The summed E-state index contributed by atoms with van der Waals surface area (Å²) < 4.78 is 1.93. The number of benzene rings is 1. The molecule has 6 heteroatoms. The number of carbonyl (C=O) groups excluding carboxylic acids is 1. The van der Waals surface area contributed by atoms with Gasteiger partial charge in [0.2, 0.25) is 5.91 Å². The number of nitrogens with zero attached hydrogens (tertiary/aromatic N) is 3. The summed E-state index contributed by atoms with van der Waals surface area (Å²) in [7, 11) is 0. The maximum Gasteiger partial charge on any atom is 0.227 e. The van der Waals surface area contributed by atoms with Crippen LogP contribution in [0, 0.1) is 0 Å². The number of hydrogen-bond acceptors (Lipinski definition) is 2. The minimum atomic E-state index is 0.186. The van der Waals surface area contributed by atoms with Gasteiger partial charge in [-0.1, -0.05) is 30.3 Å². The normalized spacial score (nSPS) is 15.8. The molecule has 1 aliphatic heterocycles. The molecule has 1 aromatic carbocycles. The van der Waals surface area contributed by atoms with Crippen molar-refractivity contribution in [1.82, 2.24) is 14.5 Å². The topological polar surface area (TPSA) is 38.1 Å². The zero-order valence-corrected chi connectivity index (χ0v) is 14.5. The van der Waals surface area contributed by atoms with E-state index >= 15 is 0 Å². The summed E-state index contributed by atoms with van der Waals surface area (Å²) in [6.07, 6.45) is 7.87. The molecule has 108 valence electrons. The Kier molecular flexibility index (Phi) is 4.70. The average Bonchev–Trinajstić information content (AvgIpc) is 2.99. The van der Waals surface area contributed by atoms with Crippen LogP contribution in [0.25, 0.3) is 5.57 Å². The molecule has 1 atom stereocenters. The Balaban J connectivity index is 1.82. The Labute approximate surface area is 138 Å². The fourth-order valence-corrected chi connectivity index (χ4v) is 3.46. The summed E-state index contributed by atoms with van der Waals surface area (Å²) in [5, 5.41) is 4.32. The molecule has 0 fully saturated rings. The van der Waals surface area contributed by atoms with Crippen LogP contribution in [-0.2, 0) is 11.3 Å². The van der Waals surface area contributed by atoms with E-state index in [0.29, 0.717) is 19.3 Å². The van der Waals surface area contributed by atoms with Crippen molar-refractivity contribution in [2.24, 2.45) is 0 Å². The molecule has 4 nitrogen and oxygen atoms in total. The van der Waals surface area contributed by atoms with Gasteiger partial charge in [-0.2, -0.15) is 5.10 Å². The first-order valence-corrected chi connectivity index (χ1v) is 10.8. The van der Waals surface area contributed by atoms with Gasteiger partial charge >= 0.3 is 0 Å². The zero-order valence-electron chi connectivity index (χ0n) is 11.4. The first-order chi connectivity index (χ1) is 10.3. The third-order valence-corrected chi connectivity index (χ3v) is 5.38. The number of halogens is 1. The number of allylic oxidation sites excluding steroid dienone is 1. The second-order valence-electron chi connectivity index (χ2n) is 4.92. The lowest BCUT2D eigenvalue weighted by Gasteiger charge is -2.24. The van der Waals surface area contributed by atoms with Gasteiger partial charge in [0.1, 0.15) is 0 Å². The van der Waals surface area contributed by atoms with E-state index in [1.807, 2.05) is 58.3 Å². The third kappa shape index (κ3) is 3.52. The maximum absolute atomic E-state index is 12.1. The van der Waals surface area contributed by atoms with Gasteiger partial charge in [0, 0.05) is 24.4 Å². The second-order valence-corrected chi connectivity index (χ2v) is 6.99. The van der Waals surface area contributed by atoms with E-state index in [-0.39, 0.29) is 5.91 Å². The highest BCUT2D eigenvalue weighted by Gasteiger charge is 2.20. The van der Waals surface area contributed by atoms with E-state index in [4.69, 9.17) is 0 Å². The Morgan fingerprint density at radius 2 is 2.05 bits per heavy atom. The molecule has 0 aliphatic carbocycles. The molecule has 0 spiro atoms. The van der Waals surface area contributed by atoms with E-state index < -0.39 is 0 Å². The van der Waals surface area contributed by atoms with Crippen molar-refractivity contribution >= 4 is 39.9 Å². The minimum absolute atomic E-state index is 0.186. The molecular weight excluding hydrogens is 396 g/mol. The first-order valence-electron chi connectivity index (χ1n) is 6.72. The largest absolute Gasteiger partial charge is 0.314 e. The van der Waals surface area contributed by atoms with Crippen molar-refractivity contribution < 1.29 is 4.79 Å².